The number of hydrogen-bond acceptors (Lipinski definition) is 4. The lowest BCUT2D eigenvalue weighted by Crippen LogP contribution is -2.18. The average molecular weight is 281 g/mol. The normalized spacial score (nSPS) is 12.5. The summed E-state index contributed by atoms with van der Waals surface area (Å²) in [6, 6.07) is 12.2. The Bertz CT molecular complexity index is 722. The minimum Gasteiger partial charge on any atom is -0.469 e. The van der Waals surface area contributed by atoms with Crippen LogP contribution in [-0.4, -0.2) is 16.0 Å². The number of benzene rings is 1. The Morgan fingerprint density at radius 3 is 2.57 bits per heavy atom. The molecular formula is C17H19N3O. The van der Waals surface area contributed by atoms with E-state index in [-0.39, 0.29) is 0 Å². The zero-order valence-electron chi connectivity index (χ0n) is 12.3. The number of rotatable bonds is 5. The molecule has 0 aliphatic rings. The molecule has 0 spiro atoms. The van der Waals surface area contributed by atoms with Crippen molar-refractivity contribution in [3.05, 3.63) is 54.1 Å². The maximum absolute atomic E-state index is 5.36. The average Bonchev–Trinajstić information content (AvgIpc) is 2.99. The van der Waals surface area contributed by atoms with Crippen molar-refractivity contribution >= 4 is 16.9 Å². The van der Waals surface area contributed by atoms with Crippen molar-refractivity contribution < 1.29 is 4.42 Å². The van der Waals surface area contributed by atoms with Gasteiger partial charge in [-0.25, -0.2) is 9.97 Å². The van der Waals surface area contributed by atoms with Crippen LogP contribution in [0.1, 0.15) is 24.8 Å². The molecule has 0 saturated carbocycles. The van der Waals surface area contributed by atoms with Crippen molar-refractivity contribution in [2.75, 3.05) is 5.32 Å². The molecule has 1 N–H and O–H groups in total. The third-order valence-electron chi connectivity index (χ3n) is 3.53. The van der Waals surface area contributed by atoms with Gasteiger partial charge < -0.3 is 9.73 Å². The maximum atomic E-state index is 5.36. The second kappa shape index (κ2) is 5.95. The number of furan rings is 1. The number of nitrogens with zero attached hydrogens (tertiary/aromatic N) is 2. The van der Waals surface area contributed by atoms with Crippen LogP contribution in [0.15, 0.2) is 47.1 Å². The summed E-state index contributed by atoms with van der Waals surface area (Å²) in [5.74, 6) is 1.88. The van der Waals surface area contributed by atoms with E-state index in [4.69, 9.17) is 4.42 Å². The predicted octanol–water partition coefficient (Wildman–Crippen LogP) is 3.96. The molecule has 21 heavy (non-hydrogen) atoms. The second-order valence-electron chi connectivity index (χ2n) is 5.31. The number of nitrogens with one attached hydrogen (secondary N) is 1. The zero-order chi connectivity index (χ0) is 14.7. The molecule has 1 unspecified atom stereocenters. The highest BCUT2D eigenvalue weighted by Crippen LogP contribution is 2.17. The molecule has 0 saturated heterocycles. The second-order valence-corrected chi connectivity index (χ2v) is 5.31. The first-order chi connectivity index (χ1) is 10.2. The van der Waals surface area contributed by atoms with Gasteiger partial charge in [-0.05, 0) is 44.5 Å². The highest BCUT2D eigenvalue weighted by Gasteiger charge is 2.09. The first-order valence-corrected chi connectivity index (χ1v) is 7.24. The fourth-order valence-corrected chi connectivity index (χ4v) is 2.34. The van der Waals surface area contributed by atoms with E-state index < -0.39 is 0 Å². The van der Waals surface area contributed by atoms with Crippen molar-refractivity contribution in [3.63, 3.8) is 0 Å². The van der Waals surface area contributed by atoms with Gasteiger partial charge >= 0.3 is 0 Å². The Labute approximate surface area is 124 Å². The molecule has 0 amide bonds. The molecule has 1 aromatic carbocycles. The molecule has 3 rings (SSSR count). The van der Waals surface area contributed by atoms with Gasteiger partial charge in [0.1, 0.15) is 11.6 Å². The monoisotopic (exact) mass is 281 g/mol. The summed E-state index contributed by atoms with van der Waals surface area (Å²) in [7, 11) is 0. The smallest absolute Gasteiger partial charge is 0.148 e. The SMILES string of the molecule is Cc1nc2ccccc2nc1NC(C)CCc1ccco1. The van der Waals surface area contributed by atoms with Gasteiger partial charge in [0.05, 0.1) is 23.0 Å². The summed E-state index contributed by atoms with van der Waals surface area (Å²) >= 11 is 0. The van der Waals surface area contributed by atoms with Crippen LogP contribution in [0.5, 0.6) is 0 Å². The molecule has 0 bridgehead atoms. The fraction of sp³-hybridized carbons (Fsp3) is 0.294. The first kappa shape index (κ1) is 13.6. The molecule has 4 heteroatoms. The lowest BCUT2D eigenvalue weighted by molar-refractivity contribution is 0.495. The molecule has 0 fully saturated rings. The van der Waals surface area contributed by atoms with Gasteiger partial charge in [0, 0.05) is 12.5 Å². The third kappa shape index (κ3) is 3.21. The van der Waals surface area contributed by atoms with Crippen LogP contribution >= 0.6 is 0 Å². The lowest BCUT2D eigenvalue weighted by atomic mass is 10.1. The molecule has 3 aromatic rings. The van der Waals surface area contributed by atoms with Gasteiger partial charge in [-0.1, -0.05) is 12.1 Å². The highest BCUT2D eigenvalue weighted by atomic mass is 16.3. The van der Waals surface area contributed by atoms with E-state index in [2.05, 4.69) is 22.2 Å². The van der Waals surface area contributed by atoms with Gasteiger partial charge in [-0.3, -0.25) is 0 Å². The van der Waals surface area contributed by atoms with E-state index in [1.165, 1.54) is 0 Å². The molecule has 4 nitrogen and oxygen atoms in total. The van der Waals surface area contributed by atoms with Gasteiger partial charge in [0.25, 0.3) is 0 Å². The van der Waals surface area contributed by atoms with Crippen LogP contribution in [0.4, 0.5) is 5.82 Å². The minimum absolute atomic E-state index is 0.310. The number of aryl methyl sites for hydroxylation is 2. The topological polar surface area (TPSA) is 51.0 Å². The Morgan fingerprint density at radius 1 is 1.10 bits per heavy atom. The predicted molar refractivity (Wildman–Crippen MR) is 84.4 cm³/mol. The molecule has 1 atom stereocenters. The summed E-state index contributed by atoms with van der Waals surface area (Å²) in [5.41, 5.74) is 2.78. The Hall–Kier alpha value is -2.36. The Balaban J connectivity index is 1.70. The van der Waals surface area contributed by atoms with E-state index in [0.29, 0.717) is 6.04 Å². The number of anilines is 1. The number of fused-ring (bicyclic) bond motifs is 1. The van der Waals surface area contributed by atoms with E-state index in [0.717, 1.165) is 41.1 Å². The molecule has 0 aliphatic heterocycles. The standard InChI is InChI=1S/C17H19N3O/c1-12(9-10-14-6-5-11-21-14)18-17-13(2)19-15-7-3-4-8-16(15)20-17/h3-8,11-12H,9-10H2,1-2H3,(H,18,20). The Kier molecular flexibility index (Phi) is 3.86. The zero-order valence-corrected chi connectivity index (χ0v) is 12.3. The van der Waals surface area contributed by atoms with Gasteiger partial charge in [0.2, 0.25) is 0 Å². The van der Waals surface area contributed by atoms with Gasteiger partial charge in [-0.2, -0.15) is 0 Å². The summed E-state index contributed by atoms with van der Waals surface area (Å²) in [6.07, 6.45) is 3.62. The number of aromatic nitrogens is 2. The molecule has 0 radical (unpaired) electrons. The van der Waals surface area contributed by atoms with Gasteiger partial charge in [-0.15, -0.1) is 0 Å². The largest absolute Gasteiger partial charge is 0.469 e. The van der Waals surface area contributed by atoms with Gasteiger partial charge in [0.15, 0.2) is 0 Å². The third-order valence-corrected chi connectivity index (χ3v) is 3.53. The Morgan fingerprint density at radius 2 is 1.86 bits per heavy atom. The summed E-state index contributed by atoms with van der Waals surface area (Å²) < 4.78 is 5.36. The summed E-state index contributed by atoms with van der Waals surface area (Å²) in [4.78, 5) is 9.26. The number of hydrogen-bond donors (Lipinski definition) is 1. The van der Waals surface area contributed by atoms with Crippen molar-refractivity contribution in [3.8, 4) is 0 Å². The first-order valence-electron chi connectivity index (χ1n) is 7.24. The van der Waals surface area contributed by atoms with Crippen LogP contribution in [0.3, 0.4) is 0 Å². The van der Waals surface area contributed by atoms with E-state index in [1.54, 1.807) is 6.26 Å². The van der Waals surface area contributed by atoms with Crippen LogP contribution < -0.4 is 5.32 Å². The fourth-order valence-electron chi connectivity index (χ4n) is 2.34. The number of para-hydroxylation sites is 2. The van der Waals surface area contributed by atoms with E-state index >= 15 is 0 Å². The minimum atomic E-state index is 0.310. The van der Waals surface area contributed by atoms with Crippen molar-refractivity contribution in [2.24, 2.45) is 0 Å². The summed E-state index contributed by atoms with van der Waals surface area (Å²) in [5, 5.41) is 3.45. The van der Waals surface area contributed by atoms with E-state index in [1.807, 2.05) is 43.3 Å². The van der Waals surface area contributed by atoms with Crippen molar-refractivity contribution in [1.82, 2.24) is 9.97 Å². The van der Waals surface area contributed by atoms with Crippen LogP contribution in [-0.2, 0) is 6.42 Å². The molecule has 2 aromatic heterocycles. The van der Waals surface area contributed by atoms with Crippen molar-refractivity contribution in [1.29, 1.82) is 0 Å². The molecule has 108 valence electrons. The molecule has 0 aliphatic carbocycles. The highest BCUT2D eigenvalue weighted by molar-refractivity contribution is 5.76. The lowest BCUT2D eigenvalue weighted by Gasteiger charge is -2.15. The van der Waals surface area contributed by atoms with Crippen LogP contribution in [0.25, 0.3) is 11.0 Å². The molecular weight excluding hydrogens is 262 g/mol. The van der Waals surface area contributed by atoms with Crippen LogP contribution in [0, 0.1) is 6.92 Å². The summed E-state index contributed by atoms with van der Waals surface area (Å²) in [6.45, 7) is 4.14. The van der Waals surface area contributed by atoms with Crippen LogP contribution in [0.2, 0.25) is 0 Å². The van der Waals surface area contributed by atoms with Crippen molar-refractivity contribution in [2.45, 2.75) is 32.7 Å². The molecule has 2 heterocycles. The van der Waals surface area contributed by atoms with E-state index in [9.17, 15) is 0 Å². The maximum Gasteiger partial charge on any atom is 0.148 e. The quantitative estimate of drug-likeness (QED) is 0.769.